The molecule has 9 heavy (non-hydrogen) atoms. The van der Waals surface area contributed by atoms with Crippen LogP contribution in [0.3, 0.4) is 0 Å². The molecule has 0 saturated carbocycles. The van der Waals surface area contributed by atoms with Crippen molar-refractivity contribution in [2.75, 3.05) is 5.50 Å². The second-order valence-corrected chi connectivity index (χ2v) is 3.46. The van der Waals surface area contributed by atoms with Crippen molar-refractivity contribution in [1.29, 1.82) is 0 Å². The molecular formula is C6H6ClNSi. The minimum atomic E-state index is 0.641. The molecule has 0 aliphatic heterocycles. The molecule has 0 aromatic carbocycles. The van der Waals surface area contributed by atoms with Crippen LogP contribution in [0.4, 0.5) is 0 Å². The monoisotopic (exact) mass is 155 g/mol. The van der Waals surface area contributed by atoms with E-state index in [2.05, 4.69) is 4.98 Å². The molecule has 1 nitrogen and oxygen atoms in total. The van der Waals surface area contributed by atoms with Gasteiger partial charge in [0.1, 0.15) is 9.52 Å². The largest absolute Gasteiger partial charge is 0.267 e. The van der Waals surface area contributed by atoms with Gasteiger partial charge >= 0.3 is 0 Å². The molecule has 0 unspecified atom stereocenters. The quantitative estimate of drug-likeness (QED) is 0.451. The molecule has 0 atom stereocenters. The van der Waals surface area contributed by atoms with Crippen molar-refractivity contribution < 1.29 is 0 Å². The van der Waals surface area contributed by atoms with Gasteiger partial charge in [-0.15, -0.1) is 11.6 Å². The Labute approximate surface area is 61.9 Å². The van der Waals surface area contributed by atoms with Crippen molar-refractivity contribution in [3.05, 3.63) is 24.4 Å². The summed E-state index contributed by atoms with van der Waals surface area (Å²) < 4.78 is 0. The summed E-state index contributed by atoms with van der Waals surface area (Å²) in [7, 11) is 0.641. The summed E-state index contributed by atoms with van der Waals surface area (Å²) in [6.45, 7) is 0. The molecule has 1 heterocycles. The van der Waals surface area contributed by atoms with Crippen LogP contribution in [0.25, 0.3) is 0 Å². The zero-order valence-electron chi connectivity index (χ0n) is 4.84. The Morgan fingerprint density at radius 2 is 2.44 bits per heavy atom. The maximum absolute atomic E-state index is 5.51. The molecule has 1 rings (SSSR count). The van der Waals surface area contributed by atoms with Gasteiger partial charge in [-0.1, -0.05) is 6.07 Å². The van der Waals surface area contributed by atoms with E-state index in [-0.39, 0.29) is 0 Å². The van der Waals surface area contributed by atoms with Gasteiger partial charge in [0, 0.05) is 17.0 Å². The minimum absolute atomic E-state index is 0.641. The topological polar surface area (TPSA) is 12.9 Å². The third-order valence-corrected chi connectivity index (χ3v) is 2.11. The molecular weight excluding hydrogens is 150 g/mol. The highest BCUT2D eigenvalue weighted by Crippen LogP contribution is 1.76. The Hall–Kier alpha value is -0.343. The Bertz CT molecular complexity index is 166. The van der Waals surface area contributed by atoms with Crippen LogP contribution in [0, 0.1) is 0 Å². The number of rotatable bonds is 2. The van der Waals surface area contributed by atoms with Gasteiger partial charge in [0.15, 0.2) is 0 Å². The summed E-state index contributed by atoms with van der Waals surface area (Å²) in [5, 5.41) is 1.09. The molecule has 0 spiro atoms. The number of halogens is 1. The van der Waals surface area contributed by atoms with Gasteiger partial charge in [-0.3, -0.25) is 4.98 Å². The van der Waals surface area contributed by atoms with E-state index >= 15 is 0 Å². The maximum atomic E-state index is 5.51. The first kappa shape index (κ1) is 6.77. The predicted molar refractivity (Wildman–Crippen MR) is 40.3 cm³/mol. The van der Waals surface area contributed by atoms with E-state index in [4.69, 9.17) is 11.6 Å². The molecule has 0 saturated heterocycles. The van der Waals surface area contributed by atoms with Gasteiger partial charge in [0.05, 0.1) is 0 Å². The molecule has 0 amide bonds. The minimum Gasteiger partial charge on any atom is -0.267 e. The normalized spacial score (nSPS) is 9.44. The van der Waals surface area contributed by atoms with Crippen molar-refractivity contribution in [3.8, 4) is 0 Å². The Balaban J connectivity index is 2.61. The number of hydrogen-bond donors (Lipinski definition) is 0. The van der Waals surface area contributed by atoms with E-state index < -0.39 is 0 Å². The highest BCUT2D eigenvalue weighted by molar-refractivity contribution is 6.61. The van der Waals surface area contributed by atoms with E-state index in [1.54, 1.807) is 6.20 Å². The van der Waals surface area contributed by atoms with Crippen LogP contribution in [0.1, 0.15) is 0 Å². The smallest absolute Gasteiger partial charge is 0.125 e. The molecule has 2 radical (unpaired) electrons. The third-order valence-electron chi connectivity index (χ3n) is 0.913. The van der Waals surface area contributed by atoms with Crippen LogP contribution < -0.4 is 5.32 Å². The molecule has 0 aliphatic carbocycles. The highest BCUT2D eigenvalue weighted by Gasteiger charge is 1.89. The molecule has 3 heteroatoms. The van der Waals surface area contributed by atoms with Gasteiger partial charge in [0.2, 0.25) is 0 Å². The summed E-state index contributed by atoms with van der Waals surface area (Å²) in [6.07, 6.45) is 1.79. The van der Waals surface area contributed by atoms with Crippen LogP contribution >= 0.6 is 11.6 Å². The second kappa shape index (κ2) is 3.64. The molecule has 46 valence electrons. The van der Waals surface area contributed by atoms with Gasteiger partial charge in [-0.2, -0.15) is 0 Å². The fourth-order valence-corrected chi connectivity index (χ4v) is 1.46. The van der Waals surface area contributed by atoms with Crippen LogP contribution in [0.15, 0.2) is 24.4 Å². The van der Waals surface area contributed by atoms with Crippen LogP contribution in [0.5, 0.6) is 0 Å². The number of nitrogens with zero attached hydrogens (tertiary/aromatic N) is 1. The highest BCUT2D eigenvalue weighted by atomic mass is 35.5. The SMILES string of the molecule is ClC[Si]c1ccccn1. The Morgan fingerprint density at radius 1 is 1.56 bits per heavy atom. The maximum Gasteiger partial charge on any atom is 0.125 e. The van der Waals surface area contributed by atoms with E-state index in [0.717, 1.165) is 5.32 Å². The van der Waals surface area contributed by atoms with Crippen LogP contribution in [-0.4, -0.2) is 20.0 Å². The number of alkyl halides is 1. The molecule has 0 N–H and O–H groups in total. The number of hydrogen-bond acceptors (Lipinski definition) is 1. The van der Waals surface area contributed by atoms with E-state index in [1.165, 1.54) is 0 Å². The lowest BCUT2D eigenvalue weighted by Crippen LogP contribution is -2.18. The first-order valence-electron chi connectivity index (χ1n) is 2.64. The molecule has 0 bridgehead atoms. The first-order chi connectivity index (χ1) is 4.43. The van der Waals surface area contributed by atoms with Gasteiger partial charge < -0.3 is 0 Å². The van der Waals surface area contributed by atoms with Crippen molar-refractivity contribution in [2.45, 2.75) is 0 Å². The van der Waals surface area contributed by atoms with Gasteiger partial charge in [0.25, 0.3) is 0 Å². The van der Waals surface area contributed by atoms with Crippen molar-refractivity contribution in [1.82, 2.24) is 4.98 Å². The molecule has 1 aromatic rings. The van der Waals surface area contributed by atoms with E-state index in [1.807, 2.05) is 18.2 Å². The molecule has 1 aromatic heterocycles. The third kappa shape index (κ3) is 2.16. The fourth-order valence-electron chi connectivity index (χ4n) is 0.536. The zero-order valence-corrected chi connectivity index (χ0v) is 6.60. The van der Waals surface area contributed by atoms with Gasteiger partial charge in [-0.25, -0.2) is 0 Å². The van der Waals surface area contributed by atoms with E-state index in [0.29, 0.717) is 15.0 Å². The van der Waals surface area contributed by atoms with Crippen LogP contribution in [-0.2, 0) is 0 Å². The average molecular weight is 156 g/mol. The van der Waals surface area contributed by atoms with Crippen molar-refractivity contribution in [3.63, 3.8) is 0 Å². The van der Waals surface area contributed by atoms with Crippen LogP contribution in [0.2, 0.25) is 0 Å². The van der Waals surface area contributed by atoms with E-state index in [9.17, 15) is 0 Å². The number of pyridine rings is 1. The van der Waals surface area contributed by atoms with Crippen molar-refractivity contribution >= 4 is 26.4 Å². The summed E-state index contributed by atoms with van der Waals surface area (Å²) in [5.41, 5.74) is 0.678. The summed E-state index contributed by atoms with van der Waals surface area (Å²) >= 11 is 5.51. The zero-order chi connectivity index (χ0) is 6.53. The lowest BCUT2D eigenvalue weighted by molar-refractivity contribution is 1.38. The predicted octanol–water partition coefficient (Wildman–Crippen LogP) is 0.607. The standard InChI is InChI=1S/C6H6ClNSi/c7-5-9-6-3-1-2-4-8-6/h1-4H,5H2. The fraction of sp³-hybridized carbons (Fsp3) is 0.167. The van der Waals surface area contributed by atoms with Gasteiger partial charge in [-0.05, 0) is 12.1 Å². The second-order valence-electron chi connectivity index (χ2n) is 1.53. The first-order valence-corrected chi connectivity index (χ1v) is 4.38. The lowest BCUT2D eigenvalue weighted by atomic mass is 10.5. The molecule has 0 fully saturated rings. The summed E-state index contributed by atoms with van der Waals surface area (Å²) in [4.78, 5) is 4.10. The lowest BCUT2D eigenvalue weighted by Gasteiger charge is -1.90. The Morgan fingerprint density at radius 3 is 3.00 bits per heavy atom. The molecule has 0 aliphatic rings. The summed E-state index contributed by atoms with van der Waals surface area (Å²) in [5.74, 6) is 0. The summed E-state index contributed by atoms with van der Waals surface area (Å²) in [6, 6.07) is 5.87. The average Bonchev–Trinajstić information content (AvgIpc) is 1.91. The van der Waals surface area contributed by atoms with Crippen molar-refractivity contribution in [2.24, 2.45) is 0 Å². The Kier molecular flexibility index (Phi) is 2.74. The number of aromatic nitrogens is 1.